The van der Waals surface area contributed by atoms with Gasteiger partial charge in [-0.2, -0.15) is 0 Å². The van der Waals surface area contributed by atoms with Crippen molar-refractivity contribution >= 4 is 17.0 Å². The normalized spacial score (nSPS) is 17.3. The molecule has 1 radical (unpaired) electrons. The molecule has 0 spiro atoms. The van der Waals surface area contributed by atoms with Gasteiger partial charge in [-0.3, -0.25) is 0 Å². The Bertz CT molecular complexity index is 808. The van der Waals surface area contributed by atoms with Gasteiger partial charge in [0.1, 0.15) is 0 Å². The fourth-order valence-electron chi connectivity index (χ4n) is 3.75. The Morgan fingerprint density at radius 1 is 0.783 bits per heavy atom. The van der Waals surface area contributed by atoms with E-state index in [1.54, 1.807) is 0 Å². The number of hydrogen-bond donors (Lipinski definition) is 0. The third-order valence-corrected chi connectivity index (χ3v) is 4.80. The molecule has 1 nitrogen and oxygen atoms in total. The molecule has 2 aromatic rings. The highest BCUT2D eigenvalue weighted by atomic mass is 14.8. The summed E-state index contributed by atoms with van der Waals surface area (Å²) in [6.45, 7) is 2.22. The predicted octanol–water partition coefficient (Wildman–Crippen LogP) is 5.24. The van der Waals surface area contributed by atoms with Crippen molar-refractivity contribution in [2.24, 2.45) is 0 Å². The standard InChI is InChI=1S/C22H21N/c1-2-20-18-14-9-15-19(18)21(16-10-5-3-6-11-16)22(23-20)17-12-7-4-8-13-17/h3-8,10-13H,2,9,14-15H2,1H3/q+1. The summed E-state index contributed by atoms with van der Waals surface area (Å²) in [6.07, 6.45) is 4.62. The maximum atomic E-state index is 5.11. The first-order chi connectivity index (χ1) is 11.4. The quantitative estimate of drug-likeness (QED) is 0.736. The lowest BCUT2D eigenvalue weighted by Crippen LogP contribution is -2.16. The molecule has 23 heavy (non-hydrogen) atoms. The summed E-state index contributed by atoms with van der Waals surface area (Å²) in [4.78, 5) is 5.11. The minimum Gasteiger partial charge on any atom is -0.0622 e. The predicted molar refractivity (Wildman–Crippen MR) is 98.0 cm³/mol. The van der Waals surface area contributed by atoms with Gasteiger partial charge >= 0.3 is 0 Å². The maximum absolute atomic E-state index is 5.11. The molecule has 1 aliphatic carbocycles. The van der Waals surface area contributed by atoms with E-state index in [0.717, 1.165) is 12.1 Å². The molecule has 4 rings (SSSR count). The monoisotopic (exact) mass is 299 g/mol. The average molecular weight is 299 g/mol. The Hall–Kier alpha value is -2.41. The van der Waals surface area contributed by atoms with Crippen molar-refractivity contribution in [1.29, 1.82) is 0 Å². The smallest absolute Gasteiger partial charge is 0.0622 e. The van der Waals surface area contributed by atoms with Gasteiger partial charge in [0.2, 0.25) is 0 Å². The molecule has 0 N–H and O–H groups in total. The molecule has 1 heterocycles. The van der Waals surface area contributed by atoms with Crippen molar-refractivity contribution in [3.63, 3.8) is 0 Å². The number of rotatable bonds is 3. The van der Waals surface area contributed by atoms with Gasteiger partial charge in [-0.1, -0.05) is 55.5 Å². The van der Waals surface area contributed by atoms with Crippen LogP contribution in [0.25, 0.3) is 11.3 Å². The first-order valence-corrected chi connectivity index (χ1v) is 8.54. The molecule has 0 saturated carbocycles. The fraction of sp³-hybridized carbons (Fsp3) is 0.227. The number of nitrogens with zero attached hydrogens (tertiary/aromatic N) is 1. The van der Waals surface area contributed by atoms with E-state index in [1.165, 1.54) is 52.8 Å². The molecule has 0 unspecified atom stereocenters. The zero-order valence-electron chi connectivity index (χ0n) is 13.5. The summed E-state index contributed by atoms with van der Waals surface area (Å²) in [5, 5.41) is 0. The van der Waals surface area contributed by atoms with Gasteiger partial charge in [0.15, 0.2) is 0 Å². The van der Waals surface area contributed by atoms with Gasteiger partial charge in [0, 0.05) is 12.0 Å². The zero-order valence-corrected chi connectivity index (χ0v) is 13.5. The molecule has 0 amide bonds. The van der Waals surface area contributed by atoms with Crippen LogP contribution in [0.1, 0.15) is 43.7 Å². The third kappa shape index (κ3) is 2.46. The van der Waals surface area contributed by atoms with Crippen molar-refractivity contribution in [2.45, 2.75) is 32.6 Å². The van der Waals surface area contributed by atoms with E-state index in [-0.39, 0.29) is 0 Å². The van der Waals surface area contributed by atoms with Crippen molar-refractivity contribution in [3.8, 4) is 0 Å². The molecule has 0 saturated heterocycles. The molecule has 0 aromatic heterocycles. The molecule has 0 atom stereocenters. The summed E-state index contributed by atoms with van der Waals surface area (Å²) >= 11 is 0. The molecule has 113 valence electrons. The lowest BCUT2D eigenvalue weighted by molar-refractivity contribution is 0.910. The van der Waals surface area contributed by atoms with Crippen molar-refractivity contribution < 1.29 is 0 Å². The maximum Gasteiger partial charge on any atom is 0.292 e. The van der Waals surface area contributed by atoms with Gasteiger partial charge in [0.25, 0.3) is 11.4 Å². The van der Waals surface area contributed by atoms with Crippen LogP contribution in [0.5, 0.6) is 0 Å². The van der Waals surface area contributed by atoms with E-state index in [2.05, 4.69) is 67.6 Å². The number of allylic oxidation sites excluding steroid dienone is 3. The van der Waals surface area contributed by atoms with Crippen LogP contribution in [0.4, 0.5) is 0 Å². The van der Waals surface area contributed by atoms with Gasteiger partial charge in [-0.15, -0.1) is 0 Å². The van der Waals surface area contributed by atoms with Crippen LogP contribution in [-0.4, -0.2) is 5.71 Å². The minimum absolute atomic E-state index is 1.01. The Kier molecular flexibility index (Phi) is 3.70. The van der Waals surface area contributed by atoms with E-state index in [0.29, 0.717) is 0 Å². The fourth-order valence-corrected chi connectivity index (χ4v) is 3.75. The van der Waals surface area contributed by atoms with Gasteiger partial charge < -0.3 is 0 Å². The SMILES string of the molecule is CCC1=[N+]C(c2ccccc2)=C(c2ccccc2)C2=C1CCC2. The zero-order chi connectivity index (χ0) is 15.6. The van der Waals surface area contributed by atoms with Crippen molar-refractivity contribution in [2.75, 3.05) is 0 Å². The Morgan fingerprint density at radius 3 is 2.04 bits per heavy atom. The summed E-state index contributed by atoms with van der Waals surface area (Å²) in [7, 11) is 0. The molecule has 1 heteroatoms. The van der Waals surface area contributed by atoms with Crippen LogP contribution in [0.15, 0.2) is 71.8 Å². The molecule has 0 bridgehead atoms. The van der Waals surface area contributed by atoms with Crippen LogP contribution in [0.3, 0.4) is 0 Å². The molecular weight excluding hydrogens is 278 g/mol. The van der Waals surface area contributed by atoms with E-state index < -0.39 is 0 Å². The second-order valence-corrected chi connectivity index (χ2v) is 6.18. The van der Waals surface area contributed by atoms with Crippen LogP contribution in [-0.2, 0) is 0 Å². The molecule has 2 aromatic carbocycles. The van der Waals surface area contributed by atoms with E-state index in [1.807, 2.05) is 0 Å². The molecule has 1 aliphatic heterocycles. The Labute approximate surface area is 138 Å². The topological polar surface area (TPSA) is 14.1 Å². The highest BCUT2D eigenvalue weighted by Crippen LogP contribution is 2.42. The second-order valence-electron chi connectivity index (χ2n) is 6.18. The Balaban J connectivity index is 2.00. The second kappa shape index (κ2) is 6.00. The third-order valence-electron chi connectivity index (χ3n) is 4.80. The average Bonchev–Trinajstić information content (AvgIpc) is 3.11. The summed E-state index contributed by atoms with van der Waals surface area (Å²) in [6, 6.07) is 21.4. The highest BCUT2D eigenvalue weighted by Gasteiger charge is 2.36. The minimum atomic E-state index is 1.01. The first-order valence-electron chi connectivity index (χ1n) is 8.54. The summed E-state index contributed by atoms with van der Waals surface area (Å²) < 4.78 is 0. The molecule has 0 fully saturated rings. The van der Waals surface area contributed by atoms with Gasteiger partial charge in [-0.05, 0) is 42.5 Å². The van der Waals surface area contributed by atoms with Gasteiger partial charge in [0.05, 0.1) is 16.1 Å². The molecule has 2 aliphatic rings. The number of hydrogen-bond acceptors (Lipinski definition) is 1. The van der Waals surface area contributed by atoms with E-state index in [4.69, 9.17) is 4.99 Å². The van der Waals surface area contributed by atoms with E-state index >= 15 is 0 Å². The number of aliphatic imine (C=N–C) groups is 1. The Morgan fingerprint density at radius 2 is 1.39 bits per heavy atom. The van der Waals surface area contributed by atoms with Crippen molar-refractivity contribution in [1.82, 2.24) is 4.99 Å². The highest BCUT2D eigenvalue weighted by molar-refractivity contribution is 6.13. The lowest BCUT2D eigenvalue weighted by Gasteiger charge is -2.14. The number of benzene rings is 2. The van der Waals surface area contributed by atoms with Gasteiger partial charge in [-0.25, -0.2) is 0 Å². The first kappa shape index (κ1) is 14.2. The molecular formula is C22H21N+. The lowest BCUT2D eigenvalue weighted by atomic mass is 9.87. The van der Waals surface area contributed by atoms with Crippen LogP contribution >= 0.6 is 0 Å². The van der Waals surface area contributed by atoms with Crippen LogP contribution in [0, 0.1) is 0 Å². The summed E-state index contributed by atoms with van der Waals surface area (Å²) in [5.74, 6) is 0. The van der Waals surface area contributed by atoms with Crippen LogP contribution < -0.4 is 4.99 Å². The largest absolute Gasteiger partial charge is 0.292 e. The summed E-state index contributed by atoms with van der Waals surface area (Å²) in [5.41, 5.74) is 9.33. The van der Waals surface area contributed by atoms with E-state index in [9.17, 15) is 0 Å². The van der Waals surface area contributed by atoms with Crippen LogP contribution in [0.2, 0.25) is 0 Å². The van der Waals surface area contributed by atoms with Crippen molar-refractivity contribution in [3.05, 3.63) is 82.9 Å².